The van der Waals surface area contributed by atoms with Gasteiger partial charge in [-0.15, -0.1) is 24.0 Å². The normalized spacial score (nSPS) is 11.8. The van der Waals surface area contributed by atoms with Crippen LogP contribution >= 0.6 is 24.0 Å². The fourth-order valence-corrected chi connectivity index (χ4v) is 1.80. The SMILES string of the molecule is CCNC(=NCC(=O)N(C)C)NCC(C)Oc1ccc(OC)cc1.I. The van der Waals surface area contributed by atoms with E-state index in [0.717, 1.165) is 18.0 Å². The number of hydrogen-bond acceptors (Lipinski definition) is 4. The van der Waals surface area contributed by atoms with E-state index in [2.05, 4.69) is 15.6 Å². The van der Waals surface area contributed by atoms with Crippen LogP contribution in [0.2, 0.25) is 0 Å². The lowest BCUT2D eigenvalue weighted by Gasteiger charge is -2.18. The minimum absolute atomic E-state index is 0. The molecular weight excluding hydrogens is 435 g/mol. The lowest BCUT2D eigenvalue weighted by molar-refractivity contribution is -0.127. The summed E-state index contributed by atoms with van der Waals surface area (Å²) in [6, 6.07) is 7.44. The molecule has 0 aliphatic rings. The Morgan fingerprint density at radius 1 is 1.20 bits per heavy atom. The second-order valence-corrected chi connectivity index (χ2v) is 5.47. The van der Waals surface area contributed by atoms with Gasteiger partial charge < -0.3 is 25.0 Å². The minimum Gasteiger partial charge on any atom is -0.497 e. The number of carbonyl (C=O) groups excluding carboxylic acids is 1. The summed E-state index contributed by atoms with van der Waals surface area (Å²) >= 11 is 0. The molecule has 0 aliphatic heterocycles. The maximum Gasteiger partial charge on any atom is 0.243 e. The molecule has 7 nitrogen and oxygen atoms in total. The summed E-state index contributed by atoms with van der Waals surface area (Å²) in [4.78, 5) is 17.4. The van der Waals surface area contributed by atoms with Crippen LogP contribution in [0.5, 0.6) is 11.5 Å². The smallest absolute Gasteiger partial charge is 0.243 e. The fourth-order valence-electron chi connectivity index (χ4n) is 1.80. The number of benzene rings is 1. The van der Waals surface area contributed by atoms with Crippen molar-refractivity contribution < 1.29 is 14.3 Å². The molecule has 8 heteroatoms. The standard InChI is InChI=1S/C17H28N4O3.HI/c1-6-18-17(20-12-16(22)21(3)4)19-11-13(2)24-15-9-7-14(23-5)8-10-15;/h7-10,13H,6,11-12H2,1-5H3,(H2,18,19,20);1H. The predicted octanol–water partition coefficient (Wildman–Crippen LogP) is 1.72. The Labute approximate surface area is 167 Å². The zero-order valence-corrected chi connectivity index (χ0v) is 17.9. The van der Waals surface area contributed by atoms with Crippen molar-refractivity contribution in [1.29, 1.82) is 0 Å². The van der Waals surface area contributed by atoms with Gasteiger partial charge in [0.2, 0.25) is 5.91 Å². The number of ether oxygens (including phenoxy) is 2. The number of guanidine groups is 1. The summed E-state index contributed by atoms with van der Waals surface area (Å²) in [7, 11) is 5.05. The van der Waals surface area contributed by atoms with Gasteiger partial charge >= 0.3 is 0 Å². The van der Waals surface area contributed by atoms with Crippen molar-refractivity contribution in [3.63, 3.8) is 0 Å². The van der Waals surface area contributed by atoms with Gasteiger partial charge in [-0.2, -0.15) is 0 Å². The van der Waals surface area contributed by atoms with Crippen molar-refractivity contribution in [2.75, 3.05) is 40.8 Å². The van der Waals surface area contributed by atoms with E-state index in [1.54, 1.807) is 21.2 Å². The van der Waals surface area contributed by atoms with Gasteiger partial charge in [-0.1, -0.05) is 0 Å². The Morgan fingerprint density at radius 3 is 2.32 bits per heavy atom. The maximum absolute atomic E-state index is 11.6. The summed E-state index contributed by atoms with van der Waals surface area (Å²) in [5.41, 5.74) is 0. The molecule has 1 aromatic rings. The molecule has 0 fully saturated rings. The molecule has 0 spiro atoms. The van der Waals surface area contributed by atoms with Crippen molar-refractivity contribution in [3.05, 3.63) is 24.3 Å². The van der Waals surface area contributed by atoms with Crippen LogP contribution in [0, 0.1) is 0 Å². The van der Waals surface area contributed by atoms with Crippen molar-refractivity contribution in [1.82, 2.24) is 15.5 Å². The Kier molecular flexibility index (Phi) is 11.8. The van der Waals surface area contributed by atoms with Gasteiger partial charge in [0.1, 0.15) is 24.1 Å². The number of methoxy groups -OCH3 is 1. The Bertz CT molecular complexity index is 535. The molecule has 0 aliphatic carbocycles. The third kappa shape index (κ3) is 9.37. The van der Waals surface area contributed by atoms with Crippen LogP contribution in [0.1, 0.15) is 13.8 Å². The molecule has 1 unspecified atom stereocenters. The molecule has 1 amide bonds. The van der Waals surface area contributed by atoms with Gasteiger partial charge in [-0.3, -0.25) is 4.79 Å². The van der Waals surface area contributed by atoms with Gasteiger partial charge in [0, 0.05) is 20.6 Å². The molecule has 1 rings (SSSR count). The molecule has 1 aromatic carbocycles. The topological polar surface area (TPSA) is 75.2 Å². The van der Waals surface area contributed by atoms with E-state index in [4.69, 9.17) is 9.47 Å². The number of hydrogen-bond donors (Lipinski definition) is 2. The van der Waals surface area contributed by atoms with Gasteiger partial charge in [0.15, 0.2) is 5.96 Å². The van der Waals surface area contributed by atoms with Crippen LogP contribution in [0.4, 0.5) is 0 Å². The van der Waals surface area contributed by atoms with E-state index in [1.165, 1.54) is 4.90 Å². The van der Waals surface area contributed by atoms with E-state index in [9.17, 15) is 4.79 Å². The number of rotatable bonds is 8. The minimum atomic E-state index is -0.0631. The largest absolute Gasteiger partial charge is 0.497 e. The number of aliphatic imine (C=N–C) groups is 1. The number of nitrogens with zero attached hydrogens (tertiary/aromatic N) is 2. The molecule has 142 valence electrons. The molecule has 25 heavy (non-hydrogen) atoms. The number of likely N-dealkylation sites (N-methyl/N-ethyl adjacent to an activating group) is 1. The molecule has 0 heterocycles. The van der Waals surface area contributed by atoms with E-state index >= 15 is 0 Å². The molecule has 0 bridgehead atoms. The monoisotopic (exact) mass is 464 g/mol. The summed E-state index contributed by atoms with van der Waals surface area (Å²) < 4.78 is 11.0. The first-order valence-electron chi connectivity index (χ1n) is 7.99. The number of carbonyl (C=O) groups is 1. The third-order valence-corrected chi connectivity index (χ3v) is 3.17. The van der Waals surface area contributed by atoms with Crippen LogP contribution < -0.4 is 20.1 Å². The lowest BCUT2D eigenvalue weighted by atomic mass is 10.3. The summed E-state index contributed by atoms with van der Waals surface area (Å²) in [6.45, 7) is 5.33. The van der Waals surface area contributed by atoms with Crippen molar-refractivity contribution in [2.24, 2.45) is 4.99 Å². The van der Waals surface area contributed by atoms with E-state index in [1.807, 2.05) is 38.1 Å². The van der Waals surface area contributed by atoms with Gasteiger partial charge in [-0.05, 0) is 38.1 Å². The summed E-state index contributed by atoms with van der Waals surface area (Å²) in [5, 5.41) is 6.28. The average Bonchev–Trinajstić information content (AvgIpc) is 2.57. The predicted molar refractivity (Wildman–Crippen MR) is 111 cm³/mol. The zero-order valence-electron chi connectivity index (χ0n) is 15.5. The summed E-state index contributed by atoms with van der Waals surface area (Å²) in [5.74, 6) is 2.11. The van der Waals surface area contributed by atoms with Crippen LogP contribution in [0.3, 0.4) is 0 Å². The van der Waals surface area contributed by atoms with Crippen LogP contribution in [-0.4, -0.2) is 63.7 Å². The van der Waals surface area contributed by atoms with E-state index < -0.39 is 0 Å². The van der Waals surface area contributed by atoms with Crippen molar-refractivity contribution in [2.45, 2.75) is 20.0 Å². The number of halogens is 1. The molecule has 0 radical (unpaired) electrons. The average molecular weight is 464 g/mol. The fraction of sp³-hybridized carbons (Fsp3) is 0.529. The first-order valence-corrected chi connectivity index (χ1v) is 7.99. The van der Waals surface area contributed by atoms with E-state index in [0.29, 0.717) is 12.5 Å². The molecule has 2 N–H and O–H groups in total. The highest BCUT2D eigenvalue weighted by Crippen LogP contribution is 2.17. The highest BCUT2D eigenvalue weighted by Gasteiger charge is 2.07. The quantitative estimate of drug-likeness (QED) is 0.348. The Balaban J connectivity index is 0.00000576. The van der Waals surface area contributed by atoms with Crippen molar-refractivity contribution >= 4 is 35.8 Å². The van der Waals surface area contributed by atoms with Crippen LogP contribution in [0.25, 0.3) is 0 Å². The highest BCUT2D eigenvalue weighted by molar-refractivity contribution is 14.0. The summed E-state index contributed by atoms with van der Waals surface area (Å²) in [6.07, 6.45) is -0.0631. The van der Waals surface area contributed by atoms with Gasteiger partial charge in [0.25, 0.3) is 0 Å². The number of nitrogens with one attached hydrogen (secondary N) is 2. The molecule has 0 saturated carbocycles. The maximum atomic E-state index is 11.6. The number of amides is 1. The van der Waals surface area contributed by atoms with Gasteiger partial charge in [-0.25, -0.2) is 4.99 Å². The Hall–Kier alpha value is -1.71. The lowest BCUT2D eigenvalue weighted by Crippen LogP contribution is -2.42. The van der Waals surface area contributed by atoms with Crippen LogP contribution in [-0.2, 0) is 4.79 Å². The third-order valence-electron chi connectivity index (χ3n) is 3.17. The Morgan fingerprint density at radius 2 is 1.80 bits per heavy atom. The van der Waals surface area contributed by atoms with Crippen molar-refractivity contribution in [3.8, 4) is 11.5 Å². The second-order valence-electron chi connectivity index (χ2n) is 5.47. The molecule has 0 saturated heterocycles. The highest BCUT2D eigenvalue weighted by atomic mass is 127. The second kappa shape index (κ2) is 12.6. The van der Waals surface area contributed by atoms with Crippen LogP contribution in [0.15, 0.2) is 29.3 Å². The zero-order chi connectivity index (χ0) is 17.9. The molecule has 1 atom stereocenters. The molecule has 0 aromatic heterocycles. The first-order chi connectivity index (χ1) is 11.5. The molecular formula is C17H29IN4O3. The van der Waals surface area contributed by atoms with Gasteiger partial charge in [0.05, 0.1) is 13.7 Å². The first kappa shape index (κ1) is 23.3. The van der Waals surface area contributed by atoms with E-state index in [-0.39, 0.29) is 42.5 Å².